The molecule has 0 saturated carbocycles. The third-order valence-corrected chi connectivity index (χ3v) is 2.91. The first-order valence-electron chi connectivity index (χ1n) is 3.97. The van der Waals surface area contributed by atoms with Crippen molar-refractivity contribution in [1.29, 1.82) is 0 Å². The van der Waals surface area contributed by atoms with Gasteiger partial charge >= 0.3 is 0 Å². The highest BCUT2D eigenvalue weighted by Gasteiger charge is 2.32. The van der Waals surface area contributed by atoms with E-state index in [1.165, 1.54) is 6.42 Å². The van der Waals surface area contributed by atoms with E-state index in [9.17, 15) is 0 Å². The molecule has 1 nitrogen and oxygen atoms in total. The van der Waals surface area contributed by atoms with Crippen molar-refractivity contribution >= 4 is 0 Å². The van der Waals surface area contributed by atoms with E-state index < -0.39 is 0 Å². The summed E-state index contributed by atoms with van der Waals surface area (Å²) in [5, 5.41) is 0. The Morgan fingerprint density at radius 3 is 2.30 bits per heavy atom. The Hall–Kier alpha value is -0.460. The molecule has 1 heteroatoms. The minimum absolute atomic E-state index is 0.375. The lowest BCUT2D eigenvalue weighted by atomic mass is 9.86. The summed E-state index contributed by atoms with van der Waals surface area (Å²) < 4.78 is 0. The fourth-order valence-corrected chi connectivity index (χ4v) is 1.41. The van der Waals surface area contributed by atoms with E-state index >= 15 is 0 Å². The van der Waals surface area contributed by atoms with Crippen molar-refractivity contribution in [3.63, 3.8) is 0 Å². The highest BCUT2D eigenvalue weighted by atomic mass is 15.2. The van der Waals surface area contributed by atoms with Crippen LogP contribution >= 0.6 is 0 Å². The largest absolute Gasteiger partial charge is 0.375 e. The van der Waals surface area contributed by atoms with Gasteiger partial charge in [-0.25, -0.2) is 0 Å². The Morgan fingerprint density at radius 1 is 1.50 bits per heavy atom. The van der Waals surface area contributed by atoms with Crippen molar-refractivity contribution in [2.45, 2.75) is 32.7 Å². The normalized spacial score (nSPS) is 32.3. The number of rotatable bonds is 1. The van der Waals surface area contributed by atoms with Gasteiger partial charge in [0.2, 0.25) is 0 Å². The molecule has 58 valence electrons. The van der Waals surface area contributed by atoms with E-state index in [1.54, 1.807) is 0 Å². The first-order valence-corrected chi connectivity index (χ1v) is 3.97. The average molecular weight is 139 g/mol. The first kappa shape index (κ1) is 7.64. The van der Waals surface area contributed by atoms with Crippen LogP contribution in [0.5, 0.6) is 0 Å². The van der Waals surface area contributed by atoms with E-state index in [0.29, 0.717) is 5.54 Å². The molecule has 1 rings (SSSR count). The SMILES string of the molecule is CC(C)[C@@]1(C)CC=CN1C. The van der Waals surface area contributed by atoms with Crippen LogP contribution in [0.1, 0.15) is 27.2 Å². The van der Waals surface area contributed by atoms with Crippen molar-refractivity contribution in [1.82, 2.24) is 4.90 Å². The molecule has 10 heavy (non-hydrogen) atoms. The highest BCUT2D eigenvalue weighted by molar-refractivity contribution is 5.05. The molecule has 0 fully saturated rings. The summed E-state index contributed by atoms with van der Waals surface area (Å²) in [4.78, 5) is 2.32. The summed E-state index contributed by atoms with van der Waals surface area (Å²) in [6, 6.07) is 0. The van der Waals surface area contributed by atoms with Crippen molar-refractivity contribution < 1.29 is 0 Å². The van der Waals surface area contributed by atoms with Crippen molar-refractivity contribution in [3.8, 4) is 0 Å². The molecule has 1 aliphatic rings. The Balaban J connectivity index is 2.71. The van der Waals surface area contributed by atoms with E-state index in [2.05, 4.69) is 45.0 Å². The molecule has 0 amide bonds. The van der Waals surface area contributed by atoms with Crippen LogP contribution in [0.25, 0.3) is 0 Å². The lowest BCUT2D eigenvalue weighted by Gasteiger charge is -2.37. The molecule has 1 aliphatic heterocycles. The summed E-state index contributed by atoms with van der Waals surface area (Å²) in [6.45, 7) is 6.88. The molecule has 1 atom stereocenters. The Kier molecular flexibility index (Phi) is 1.76. The van der Waals surface area contributed by atoms with E-state index in [0.717, 1.165) is 5.92 Å². The number of hydrogen-bond acceptors (Lipinski definition) is 1. The van der Waals surface area contributed by atoms with E-state index in [1.807, 2.05) is 0 Å². The molecule has 0 aliphatic carbocycles. The van der Waals surface area contributed by atoms with Crippen LogP contribution in [-0.2, 0) is 0 Å². The highest BCUT2D eigenvalue weighted by Crippen LogP contribution is 2.31. The van der Waals surface area contributed by atoms with Gasteiger partial charge in [0.15, 0.2) is 0 Å². The molecule has 0 N–H and O–H groups in total. The molecule has 0 saturated heterocycles. The molecule has 0 unspecified atom stereocenters. The van der Waals surface area contributed by atoms with Gasteiger partial charge in [-0.3, -0.25) is 0 Å². The zero-order valence-corrected chi connectivity index (χ0v) is 7.39. The fraction of sp³-hybridized carbons (Fsp3) is 0.778. The van der Waals surface area contributed by atoms with Crippen LogP contribution in [0.3, 0.4) is 0 Å². The van der Waals surface area contributed by atoms with Gasteiger partial charge in [-0.2, -0.15) is 0 Å². The maximum atomic E-state index is 2.32. The minimum Gasteiger partial charge on any atom is -0.375 e. The molecule has 0 radical (unpaired) electrons. The van der Waals surface area contributed by atoms with Crippen LogP contribution in [0.4, 0.5) is 0 Å². The van der Waals surface area contributed by atoms with Crippen LogP contribution in [0, 0.1) is 5.92 Å². The summed E-state index contributed by atoms with van der Waals surface area (Å²) in [5.41, 5.74) is 0.375. The standard InChI is InChI=1S/C9H17N/c1-8(2)9(3)6-5-7-10(9)4/h5,7-8H,6H2,1-4H3/t9-/m1/s1. The minimum atomic E-state index is 0.375. The van der Waals surface area contributed by atoms with E-state index in [4.69, 9.17) is 0 Å². The number of nitrogens with zero attached hydrogens (tertiary/aromatic N) is 1. The van der Waals surface area contributed by atoms with Gasteiger partial charge in [-0.1, -0.05) is 19.9 Å². The van der Waals surface area contributed by atoms with Crippen molar-refractivity contribution in [2.24, 2.45) is 5.92 Å². The second-order valence-corrected chi connectivity index (χ2v) is 3.71. The fourth-order valence-electron chi connectivity index (χ4n) is 1.41. The molecule has 0 aromatic heterocycles. The third kappa shape index (κ3) is 0.938. The molecular weight excluding hydrogens is 122 g/mol. The summed E-state index contributed by atoms with van der Waals surface area (Å²) in [5.74, 6) is 0.729. The van der Waals surface area contributed by atoms with Gasteiger partial charge in [0.25, 0.3) is 0 Å². The van der Waals surface area contributed by atoms with Gasteiger partial charge in [0, 0.05) is 12.6 Å². The predicted molar refractivity (Wildman–Crippen MR) is 44.8 cm³/mol. The zero-order chi connectivity index (χ0) is 7.78. The second-order valence-electron chi connectivity index (χ2n) is 3.71. The molecule has 0 aromatic rings. The topological polar surface area (TPSA) is 3.24 Å². The van der Waals surface area contributed by atoms with Crippen LogP contribution in [-0.4, -0.2) is 17.5 Å². The van der Waals surface area contributed by atoms with Gasteiger partial charge in [0.1, 0.15) is 0 Å². The zero-order valence-electron chi connectivity index (χ0n) is 7.39. The van der Waals surface area contributed by atoms with E-state index in [-0.39, 0.29) is 0 Å². The van der Waals surface area contributed by atoms with Crippen LogP contribution in [0.2, 0.25) is 0 Å². The quantitative estimate of drug-likeness (QED) is 0.538. The average Bonchev–Trinajstić information content (AvgIpc) is 2.15. The smallest absolute Gasteiger partial charge is 0.0423 e. The summed E-state index contributed by atoms with van der Waals surface area (Å²) >= 11 is 0. The predicted octanol–water partition coefficient (Wildman–Crippen LogP) is 2.25. The van der Waals surface area contributed by atoms with Crippen molar-refractivity contribution in [2.75, 3.05) is 7.05 Å². The second kappa shape index (κ2) is 2.30. The van der Waals surface area contributed by atoms with Crippen molar-refractivity contribution in [3.05, 3.63) is 12.3 Å². The lowest BCUT2D eigenvalue weighted by Crippen LogP contribution is -2.41. The number of hydrogen-bond donors (Lipinski definition) is 0. The van der Waals surface area contributed by atoms with Gasteiger partial charge < -0.3 is 4.90 Å². The Labute approximate surface area is 63.7 Å². The molecule has 1 heterocycles. The van der Waals surface area contributed by atoms with Gasteiger partial charge in [-0.05, 0) is 25.5 Å². The summed E-state index contributed by atoms with van der Waals surface area (Å²) in [6.07, 6.45) is 5.63. The Bertz CT molecular complexity index is 149. The van der Waals surface area contributed by atoms with Crippen LogP contribution in [0.15, 0.2) is 12.3 Å². The Morgan fingerprint density at radius 2 is 2.10 bits per heavy atom. The third-order valence-electron chi connectivity index (χ3n) is 2.91. The first-order chi connectivity index (χ1) is 4.57. The molecular formula is C9H17N. The van der Waals surface area contributed by atoms with Gasteiger partial charge in [-0.15, -0.1) is 0 Å². The van der Waals surface area contributed by atoms with Crippen LogP contribution < -0.4 is 0 Å². The molecule has 0 spiro atoms. The lowest BCUT2D eigenvalue weighted by molar-refractivity contribution is 0.159. The maximum Gasteiger partial charge on any atom is 0.0423 e. The van der Waals surface area contributed by atoms with Gasteiger partial charge in [0.05, 0.1) is 0 Å². The molecule has 0 aromatic carbocycles. The molecule has 0 bridgehead atoms. The summed E-state index contributed by atoms with van der Waals surface area (Å²) in [7, 11) is 2.16. The maximum absolute atomic E-state index is 2.32. The monoisotopic (exact) mass is 139 g/mol.